The van der Waals surface area contributed by atoms with E-state index in [0.29, 0.717) is 31.8 Å². The van der Waals surface area contributed by atoms with Crippen LogP contribution in [0.25, 0.3) is 0 Å². The zero-order valence-electron chi connectivity index (χ0n) is 12.9. The Morgan fingerprint density at radius 1 is 1.35 bits per heavy atom. The van der Waals surface area contributed by atoms with Crippen LogP contribution in [0.15, 0.2) is 25.3 Å². The molecule has 20 heavy (non-hydrogen) atoms. The van der Waals surface area contributed by atoms with E-state index in [1.54, 1.807) is 6.08 Å². The van der Waals surface area contributed by atoms with Crippen molar-refractivity contribution in [3.63, 3.8) is 0 Å². The van der Waals surface area contributed by atoms with E-state index in [0.717, 1.165) is 6.42 Å². The number of aliphatic hydroxyl groups excluding tert-OH is 2. The molecular formula is C14H28AlLiO4. The molecule has 1 atom stereocenters. The summed E-state index contributed by atoms with van der Waals surface area (Å²) in [6, 6.07) is 0. The molecule has 0 aromatic carbocycles. The number of cyclic esters (lactones) is 1. The summed E-state index contributed by atoms with van der Waals surface area (Å²) >= 11 is 0. The summed E-state index contributed by atoms with van der Waals surface area (Å²) in [7, 11) is 0. The van der Waals surface area contributed by atoms with Crippen LogP contribution < -0.4 is 18.9 Å². The van der Waals surface area contributed by atoms with Gasteiger partial charge in [-0.15, -0.1) is 13.2 Å². The molecule has 1 heterocycles. The predicted molar refractivity (Wildman–Crippen MR) is 82.0 cm³/mol. The molecule has 0 aromatic rings. The first-order chi connectivity index (χ1) is 8.67. The molecule has 0 amide bonds. The van der Waals surface area contributed by atoms with Gasteiger partial charge in [0, 0.05) is 13.2 Å². The maximum Gasteiger partial charge on any atom is 1.00 e. The third kappa shape index (κ3) is 13.0. The Kier molecular flexibility index (Phi) is 21.3. The molecule has 2 N–H and O–H groups in total. The van der Waals surface area contributed by atoms with Gasteiger partial charge in [0.25, 0.3) is 0 Å². The summed E-state index contributed by atoms with van der Waals surface area (Å²) in [6.45, 7) is 8.11. The zero-order valence-corrected chi connectivity index (χ0v) is 11.9. The smallest absolute Gasteiger partial charge is 1.00 e. The number of rotatable bonds is 6. The van der Waals surface area contributed by atoms with Crippen LogP contribution in [0.3, 0.4) is 0 Å². The van der Waals surface area contributed by atoms with Gasteiger partial charge in [-0.2, -0.15) is 0 Å². The van der Waals surface area contributed by atoms with Crippen LogP contribution in [-0.4, -0.2) is 53.4 Å². The Hall–Kier alpha value is -0.000130. The number of carbonyl (C=O) groups excluding carboxylic acids is 1. The van der Waals surface area contributed by atoms with Crippen molar-refractivity contribution in [1.82, 2.24) is 0 Å². The summed E-state index contributed by atoms with van der Waals surface area (Å²) in [5.74, 6) is 0.539. The van der Waals surface area contributed by atoms with Crippen molar-refractivity contribution < 1.29 is 40.0 Å². The van der Waals surface area contributed by atoms with Crippen LogP contribution >= 0.6 is 0 Å². The van der Waals surface area contributed by atoms with E-state index in [1.165, 1.54) is 0 Å². The molecule has 6 heteroatoms. The first-order valence-electron chi connectivity index (χ1n) is 6.30. The Labute approximate surface area is 146 Å². The number of allylic oxidation sites excluding steroid dienone is 2. The Morgan fingerprint density at radius 3 is 2.20 bits per heavy atom. The third-order valence-electron chi connectivity index (χ3n) is 2.85. The van der Waals surface area contributed by atoms with Crippen LogP contribution in [0.1, 0.15) is 27.1 Å². The number of hydrogen-bond donors (Lipinski definition) is 2. The van der Waals surface area contributed by atoms with Crippen molar-refractivity contribution in [3.8, 4) is 0 Å². The molecule has 0 spiro atoms. The summed E-state index contributed by atoms with van der Waals surface area (Å²) in [5, 5.41) is 16.9. The molecule has 4 nitrogen and oxygen atoms in total. The molecule has 1 aliphatic rings. The molecule has 0 bridgehead atoms. The van der Waals surface area contributed by atoms with Gasteiger partial charge < -0.3 is 16.4 Å². The molecule has 112 valence electrons. The minimum Gasteiger partial charge on any atom is -1.00 e. The molecule has 0 radical (unpaired) electrons. The van der Waals surface area contributed by atoms with Crippen molar-refractivity contribution in [2.24, 2.45) is 11.8 Å². The fourth-order valence-electron chi connectivity index (χ4n) is 1.61. The van der Waals surface area contributed by atoms with Gasteiger partial charge in [0.2, 0.25) is 0 Å². The van der Waals surface area contributed by atoms with E-state index in [2.05, 4.69) is 13.2 Å². The van der Waals surface area contributed by atoms with Crippen molar-refractivity contribution in [2.75, 3.05) is 19.8 Å². The number of ether oxygens (including phenoxy) is 1. The van der Waals surface area contributed by atoms with Crippen LogP contribution in [0.2, 0.25) is 0 Å². The normalized spacial score (nSPS) is 16.8. The summed E-state index contributed by atoms with van der Waals surface area (Å²) in [5.41, 5.74) is 0. The van der Waals surface area contributed by atoms with Gasteiger partial charge in [0.1, 0.15) is 0 Å². The van der Waals surface area contributed by atoms with Gasteiger partial charge in [-0.25, -0.2) is 0 Å². The van der Waals surface area contributed by atoms with Crippen LogP contribution in [0, 0.1) is 11.8 Å². The molecule has 1 saturated heterocycles. The van der Waals surface area contributed by atoms with Crippen molar-refractivity contribution in [2.45, 2.75) is 25.7 Å². The molecule has 0 aliphatic carbocycles. The molecular weight excluding hydrogens is 266 g/mol. The van der Waals surface area contributed by atoms with Crippen LogP contribution in [-0.2, 0) is 9.53 Å². The third-order valence-corrected chi connectivity index (χ3v) is 2.85. The van der Waals surface area contributed by atoms with Crippen LogP contribution in [0.4, 0.5) is 0 Å². The number of carbonyl (C=O) groups is 1. The summed E-state index contributed by atoms with van der Waals surface area (Å²) in [6.07, 6.45) is 6.47. The fourth-order valence-corrected chi connectivity index (χ4v) is 1.61. The van der Waals surface area contributed by atoms with E-state index in [-0.39, 0.29) is 62.7 Å². The van der Waals surface area contributed by atoms with Crippen LogP contribution in [0.5, 0.6) is 0 Å². The average Bonchev–Trinajstić information content (AvgIpc) is 2.39. The van der Waals surface area contributed by atoms with Gasteiger partial charge >= 0.3 is 24.8 Å². The monoisotopic (exact) mass is 294 g/mol. The van der Waals surface area contributed by atoms with E-state index in [9.17, 15) is 4.79 Å². The second-order valence-corrected chi connectivity index (χ2v) is 4.23. The van der Waals surface area contributed by atoms with Gasteiger partial charge in [0.15, 0.2) is 17.4 Å². The molecule has 0 aromatic heterocycles. The zero-order chi connectivity index (χ0) is 13.8. The fraction of sp³-hybridized carbons (Fsp3) is 0.643. The Morgan fingerprint density at radius 2 is 1.90 bits per heavy atom. The minimum atomic E-state index is -0.0915. The second kappa shape index (κ2) is 17.1. The largest absolute Gasteiger partial charge is 1.00 e. The molecule has 1 aliphatic heterocycles. The number of aliphatic hydroxyl groups is 2. The molecule has 1 unspecified atom stereocenters. The molecule has 1 rings (SSSR count). The first-order valence-corrected chi connectivity index (χ1v) is 6.30. The van der Waals surface area contributed by atoms with Gasteiger partial charge in [-0.05, 0) is 31.1 Å². The standard InChI is InChI=1S/C7H10O2.C7H14O2.Al.Li.4H/c1-2-6-3-4-9-7(8)5-6;1-2-7(3-5-8)4-6-9;;;;;;/h2,6H,1,3-5H2;2,7-9H,1,3-6H2;;;;;;/q;;;+1;;;;-1. The van der Waals surface area contributed by atoms with Crippen molar-refractivity contribution >= 4 is 23.3 Å². The first kappa shape index (κ1) is 25.0. The topological polar surface area (TPSA) is 66.8 Å². The van der Waals surface area contributed by atoms with E-state index in [1.807, 2.05) is 6.08 Å². The van der Waals surface area contributed by atoms with Gasteiger partial charge in [-0.1, -0.05) is 12.2 Å². The molecule has 1 fully saturated rings. The Balaban J connectivity index is -0.000000120. The van der Waals surface area contributed by atoms with E-state index >= 15 is 0 Å². The van der Waals surface area contributed by atoms with Gasteiger partial charge in [-0.3, -0.25) is 4.79 Å². The van der Waals surface area contributed by atoms with Gasteiger partial charge in [0.05, 0.1) is 13.0 Å². The summed E-state index contributed by atoms with van der Waals surface area (Å²) in [4.78, 5) is 10.6. The van der Waals surface area contributed by atoms with E-state index < -0.39 is 0 Å². The van der Waals surface area contributed by atoms with Crippen molar-refractivity contribution in [1.29, 1.82) is 0 Å². The predicted octanol–water partition coefficient (Wildman–Crippen LogP) is -2.39. The SMILES string of the molecule is C=CC(CCO)CCO.C=CC1CCOC(=O)C1.[AlH3].[H-].[Li+]. The quantitative estimate of drug-likeness (QED) is 0.326. The second-order valence-electron chi connectivity index (χ2n) is 4.23. The maximum atomic E-state index is 10.6. The average molecular weight is 294 g/mol. The summed E-state index contributed by atoms with van der Waals surface area (Å²) < 4.78 is 4.72. The minimum absolute atomic E-state index is 0. The Bertz CT molecular complexity index is 261. The van der Waals surface area contributed by atoms with Crippen molar-refractivity contribution in [3.05, 3.63) is 25.3 Å². The number of hydrogen-bond acceptors (Lipinski definition) is 4. The molecule has 0 saturated carbocycles. The maximum absolute atomic E-state index is 10.6. The number of esters is 1. The van der Waals surface area contributed by atoms with E-state index in [4.69, 9.17) is 14.9 Å².